The standard InChI is InChI=1S/C19H24/c1-4-16(14-15(2)3)18-10-12-19(13-11-18)17-8-6-5-7-9-17/h5-13,15-16H,4,14H2,1-3H3. The molecule has 0 amide bonds. The van der Waals surface area contributed by atoms with E-state index in [9.17, 15) is 0 Å². The first-order chi connectivity index (χ1) is 9.20. The second-order valence-corrected chi connectivity index (χ2v) is 5.72. The largest absolute Gasteiger partial charge is 0.0648 e. The molecule has 0 aliphatic rings. The minimum Gasteiger partial charge on any atom is -0.0648 e. The Kier molecular flexibility index (Phi) is 4.79. The number of hydrogen-bond acceptors (Lipinski definition) is 0. The molecule has 2 aromatic carbocycles. The van der Waals surface area contributed by atoms with Crippen LogP contribution in [0.1, 0.15) is 45.1 Å². The zero-order valence-corrected chi connectivity index (χ0v) is 12.3. The van der Waals surface area contributed by atoms with Crippen LogP contribution in [0.25, 0.3) is 11.1 Å². The molecule has 0 saturated carbocycles. The van der Waals surface area contributed by atoms with Crippen LogP contribution in [0.3, 0.4) is 0 Å². The summed E-state index contributed by atoms with van der Waals surface area (Å²) in [7, 11) is 0. The van der Waals surface area contributed by atoms with Gasteiger partial charge in [-0.2, -0.15) is 0 Å². The van der Waals surface area contributed by atoms with Gasteiger partial charge in [0.15, 0.2) is 0 Å². The highest BCUT2D eigenvalue weighted by molar-refractivity contribution is 5.63. The van der Waals surface area contributed by atoms with Crippen LogP contribution in [0.4, 0.5) is 0 Å². The molecule has 0 heterocycles. The van der Waals surface area contributed by atoms with Gasteiger partial charge >= 0.3 is 0 Å². The fourth-order valence-electron chi connectivity index (χ4n) is 2.69. The van der Waals surface area contributed by atoms with Gasteiger partial charge in [0, 0.05) is 0 Å². The fraction of sp³-hybridized carbons (Fsp3) is 0.368. The second-order valence-electron chi connectivity index (χ2n) is 5.72. The van der Waals surface area contributed by atoms with Crippen LogP contribution in [0, 0.1) is 5.92 Å². The zero-order chi connectivity index (χ0) is 13.7. The lowest BCUT2D eigenvalue weighted by atomic mass is 9.87. The van der Waals surface area contributed by atoms with Crippen molar-refractivity contribution in [3.8, 4) is 11.1 Å². The summed E-state index contributed by atoms with van der Waals surface area (Å²) in [6.07, 6.45) is 2.50. The van der Waals surface area contributed by atoms with E-state index in [4.69, 9.17) is 0 Å². The maximum absolute atomic E-state index is 2.31. The highest BCUT2D eigenvalue weighted by atomic mass is 14.2. The summed E-state index contributed by atoms with van der Waals surface area (Å²) >= 11 is 0. The summed E-state index contributed by atoms with van der Waals surface area (Å²) in [5.41, 5.74) is 4.09. The van der Waals surface area contributed by atoms with E-state index < -0.39 is 0 Å². The van der Waals surface area contributed by atoms with E-state index >= 15 is 0 Å². The fourth-order valence-corrected chi connectivity index (χ4v) is 2.69. The average molecular weight is 252 g/mol. The molecule has 100 valence electrons. The zero-order valence-electron chi connectivity index (χ0n) is 12.3. The quantitative estimate of drug-likeness (QED) is 0.622. The maximum atomic E-state index is 2.31. The Morgan fingerprint density at radius 1 is 0.789 bits per heavy atom. The van der Waals surface area contributed by atoms with Crippen molar-refractivity contribution < 1.29 is 0 Å². The number of hydrogen-bond donors (Lipinski definition) is 0. The maximum Gasteiger partial charge on any atom is -0.0162 e. The van der Waals surface area contributed by atoms with Gasteiger partial charge in [-0.25, -0.2) is 0 Å². The van der Waals surface area contributed by atoms with Gasteiger partial charge in [0.25, 0.3) is 0 Å². The molecule has 0 saturated heterocycles. The number of benzene rings is 2. The molecule has 0 aliphatic heterocycles. The monoisotopic (exact) mass is 252 g/mol. The molecule has 2 aromatic rings. The minimum absolute atomic E-state index is 0.699. The van der Waals surface area contributed by atoms with Gasteiger partial charge in [0.05, 0.1) is 0 Å². The Bertz CT molecular complexity index is 479. The lowest BCUT2D eigenvalue weighted by molar-refractivity contribution is 0.489. The predicted molar refractivity (Wildman–Crippen MR) is 84.4 cm³/mol. The topological polar surface area (TPSA) is 0 Å². The van der Waals surface area contributed by atoms with Crippen LogP contribution in [-0.2, 0) is 0 Å². The Labute approximate surface area is 117 Å². The second kappa shape index (κ2) is 6.56. The van der Waals surface area contributed by atoms with Gasteiger partial charge in [-0.1, -0.05) is 75.4 Å². The minimum atomic E-state index is 0.699. The molecular formula is C19H24. The highest BCUT2D eigenvalue weighted by Crippen LogP contribution is 2.29. The smallest absolute Gasteiger partial charge is 0.0162 e. The van der Waals surface area contributed by atoms with Crippen LogP contribution in [-0.4, -0.2) is 0 Å². The van der Waals surface area contributed by atoms with Crippen molar-refractivity contribution in [2.24, 2.45) is 5.92 Å². The summed E-state index contributed by atoms with van der Waals surface area (Å²) in [5.74, 6) is 1.46. The van der Waals surface area contributed by atoms with Crippen molar-refractivity contribution >= 4 is 0 Å². The Morgan fingerprint density at radius 2 is 1.37 bits per heavy atom. The first-order valence-corrected chi connectivity index (χ1v) is 7.36. The molecule has 19 heavy (non-hydrogen) atoms. The normalized spacial score (nSPS) is 12.6. The van der Waals surface area contributed by atoms with Crippen LogP contribution in [0.5, 0.6) is 0 Å². The van der Waals surface area contributed by atoms with E-state index in [-0.39, 0.29) is 0 Å². The molecule has 2 rings (SSSR count). The van der Waals surface area contributed by atoms with Gasteiger partial charge in [0.2, 0.25) is 0 Å². The molecule has 0 spiro atoms. The van der Waals surface area contributed by atoms with Gasteiger partial charge in [0.1, 0.15) is 0 Å². The van der Waals surface area contributed by atoms with Crippen LogP contribution in [0.15, 0.2) is 54.6 Å². The first-order valence-electron chi connectivity index (χ1n) is 7.36. The third-order valence-corrected chi connectivity index (χ3v) is 3.74. The molecule has 1 atom stereocenters. The van der Waals surface area contributed by atoms with Gasteiger partial charge in [-0.3, -0.25) is 0 Å². The molecular weight excluding hydrogens is 228 g/mol. The van der Waals surface area contributed by atoms with E-state index in [2.05, 4.69) is 75.4 Å². The van der Waals surface area contributed by atoms with Gasteiger partial charge in [-0.15, -0.1) is 0 Å². The summed E-state index contributed by atoms with van der Waals surface area (Å²) in [6.45, 7) is 6.90. The summed E-state index contributed by atoms with van der Waals surface area (Å²) in [5, 5.41) is 0. The van der Waals surface area contributed by atoms with Crippen LogP contribution < -0.4 is 0 Å². The van der Waals surface area contributed by atoms with Crippen LogP contribution >= 0.6 is 0 Å². The molecule has 0 fully saturated rings. The lowest BCUT2D eigenvalue weighted by Crippen LogP contribution is -2.01. The van der Waals surface area contributed by atoms with E-state index in [1.54, 1.807) is 0 Å². The third-order valence-electron chi connectivity index (χ3n) is 3.74. The van der Waals surface area contributed by atoms with Crippen molar-refractivity contribution in [2.75, 3.05) is 0 Å². The Balaban J connectivity index is 2.18. The molecule has 0 nitrogen and oxygen atoms in total. The molecule has 0 radical (unpaired) electrons. The highest BCUT2D eigenvalue weighted by Gasteiger charge is 2.11. The summed E-state index contributed by atoms with van der Waals surface area (Å²) in [6, 6.07) is 19.7. The summed E-state index contributed by atoms with van der Waals surface area (Å²) in [4.78, 5) is 0. The van der Waals surface area contributed by atoms with Crippen molar-refractivity contribution in [3.05, 3.63) is 60.2 Å². The van der Waals surface area contributed by atoms with Crippen molar-refractivity contribution in [3.63, 3.8) is 0 Å². The van der Waals surface area contributed by atoms with Crippen molar-refractivity contribution in [1.29, 1.82) is 0 Å². The lowest BCUT2D eigenvalue weighted by Gasteiger charge is -2.18. The van der Waals surface area contributed by atoms with Crippen molar-refractivity contribution in [1.82, 2.24) is 0 Å². The molecule has 0 aliphatic carbocycles. The third kappa shape index (κ3) is 3.70. The average Bonchev–Trinajstić information content (AvgIpc) is 2.46. The molecule has 0 N–H and O–H groups in total. The predicted octanol–water partition coefficient (Wildman–Crippen LogP) is 5.89. The molecule has 1 unspecified atom stereocenters. The summed E-state index contributed by atoms with van der Waals surface area (Å²) < 4.78 is 0. The van der Waals surface area contributed by atoms with E-state index in [1.807, 2.05) is 0 Å². The first kappa shape index (κ1) is 13.9. The molecule has 0 aromatic heterocycles. The van der Waals surface area contributed by atoms with Gasteiger partial charge in [-0.05, 0) is 41.4 Å². The van der Waals surface area contributed by atoms with Gasteiger partial charge < -0.3 is 0 Å². The molecule has 0 bridgehead atoms. The van der Waals surface area contributed by atoms with E-state index in [0.717, 1.165) is 5.92 Å². The SMILES string of the molecule is CCC(CC(C)C)c1ccc(-c2ccccc2)cc1. The van der Waals surface area contributed by atoms with Crippen molar-refractivity contribution in [2.45, 2.75) is 39.5 Å². The van der Waals surface area contributed by atoms with E-state index in [1.165, 1.54) is 29.5 Å². The van der Waals surface area contributed by atoms with E-state index in [0.29, 0.717) is 5.92 Å². The Morgan fingerprint density at radius 3 is 1.89 bits per heavy atom. The molecule has 0 heteroatoms. The number of rotatable bonds is 5. The Hall–Kier alpha value is -1.56. The van der Waals surface area contributed by atoms with Crippen LogP contribution in [0.2, 0.25) is 0 Å².